The van der Waals surface area contributed by atoms with Crippen molar-refractivity contribution in [3.05, 3.63) is 78.4 Å². The van der Waals surface area contributed by atoms with E-state index < -0.39 is 10.0 Å². The molecule has 1 N–H and O–H groups in total. The Balaban J connectivity index is 2.04. The first-order valence-corrected chi connectivity index (χ1v) is 9.24. The maximum atomic E-state index is 12.9. The molecule has 4 nitrogen and oxygen atoms in total. The molecule has 3 rings (SSSR count). The first-order valence-electron chi connectivity index (χ1n) is 7.76. The quantitative estimate of drug-likeness (QED) is 0.699. The van der Waals surface area contributed by atoms with Crippen LogP contribution in [0, 0.1) is 0 Å². The van der Waals surface area contributed by atoms with E-state index in [0.717, 1.165) is 10.8 Å². The lowest BCUT2D eigenvalue weighted by Gasteiger charge is -2.12. The normalized spacial score (nSPS) is 11.7. The predicted molar refractivity (Wildman–Crippen MR) is 101 cm³/mol. The average Bonchev–Trinajstić information content (AvgIpc) is 2.60. The maximum absolute atomic E-state index is 12.9. The molecule has 0 spiro atoms. The van der Waals surface area contributed by atoms with Crippen LogP contribution >= 0.6 is 0 Å². The molecular weight excluding hydrogens is 334 g/mol. The van der Waals surface area contributed by atoms with Crippen LogP contribution in [0.1, 0.15) is 12.5 Å². The van der Waals surface area contributed by atoms with Crippen molar-refractivity contribution in [1.29, 1.82) is 0 Å². The number of allylic oxidation sites excluding steroid dienone is 1. The van der Waals surface area contributed by atoms with Crippen LogP contribution in [0.4, 0.5) is 5.69 Å². The number of benzene rings is 3. The van der Waals surface area contributed by atoms with Gasteiger partial charge in [-0.3, -0.25) is 9.52 Å². The van der Waals surface area contributed by atoms with Gasteiger partial charge in [0, 0.05) is 5.39 Å². The molecule has 0 unspecified atom stereocenters. The monoisotopic (exact) mass is 351 g/mol. The highest BCUT2D eigenvalue weighted by atomic mass is 32.2. The lowest BCUT2D eigenvalue weighted by atomic mass is 10.1. The molecule has 126 valence electrons. The number of carbonyl (C=O) groups is 1. The standard InChI is InChI=1S/C20H17NO3S/c1-15(22)13-14-17-8-3-5-12-20(17)25(23,24)21-19-11-6-9-16-7-2-4-10-18(16)19/h2-14,21H,1H3/b14-13+. The zero-order valence-electron chi connectivity index (χ0n) is 13.6. The van der Waals surface area contributed by atoms with Crippen LogP contribution in [0.25, 0.3) is 16.8 Å². The smallest absolute Gasteiger partial charge is 0.262 e. The van der Waals surface area contributed by atoms with E-state index in [2.05, 4.69) is 4.72 Å². The van der Waals surface area contributed by atoms with E-state index in [1.807, 2.05) is 36.4 Å². The molecule has 0 radical (unpaired) electrons. The predicted octanol–water partition coefficient (Wildman–Crippen LogP) is 4.24. The van der Waals surface area contributed by atoms with Crippen LogP contribution in [0.2, 0.25) is 0 Å². The Morgan fingerprint density at radius 2 is 1.60 bits per heavy atom. The molecule has 0 amide bonds. The summed E-state index contributed by atoms with van der Waals surface area (Å²) >= 11 is 0. The largest absolute Gasteiger partial charge is 0.295 e. The molecule has 0 atom stereocenters. The second kappa shape index (κ2) is 6.91. The molecule has 5 heteroatoms. The highest BCUT2D eigenvalue weighted by Gasteiger charge is 2.18. The van der Waals surface area contributed by atoms with Gasteiger partial charge >= 0.3 is 0 Å². The fourth-order valence-electron chi connectivity index (χ4n) is 2.58. The van der Waals surface area contributed by atoms with Crippen LogP contribution < -0.4 is 4.72 Å². The molecule has 25 heavy (non-hydrogen) atoms. The molecule has 0 fully saturated rings. The highest BCUT2D eigenvalue weighted by molar-refractivity contribution is 7.92. The molecule has 0 aliphatic carbocycles. The topological polar surface area (TPSA) is 63.2 Å². The Morgan fingerprint density at radius 3 is 2.40 bits per heavy atom. The van der Waals surface area contributed by atoms with Gasteiger partial charge in [0.15, 0.2) is 5.78 Å². The summed E-state index contributed by atoms with van der Waals surface area (Å²) in [7, 11) is -3.80. The van der Waals surface area contributed by atoms with Gasteiger partial charge in [-0.2, -0.15) is 0 Å². The summed E-state index contributed by atoms with van der Waals surface area (Å²) in [6.07, 6.45) is 2.87. The minimum atomic E-state index is -3.80. The van der Waals surface area contributed by atoms with Crippen LogP contribution in [0.15, 0.2) is 77.7 Å². The van der Waals surface area contributed by atoms with Gasteiger partial charge in [0.05, 0.1) is 10.6 Å². The zero-order chi connectivity index (χ0) is 17.9. The van der Waals surface area contributed by atoms with Gasteiger partial charge in [-0.25, -0.2) is 8.42 Å². The van der Waals surface area contributed by atoms with Crippen molar-refractivity contribution >= 4 is 38.3 Å². The number of sulfonamides is 1. The van der Waals surface area contributed by atoms with E-state index in [0.29, 0.717) is 11.3 Å². The van der Waals surface area contributed by atoms with Gasteiger partial charge < -0.3 is 0 Å². The summed E-state index contributed by atoms with van der Waals surface area (Å²) in [5.41, 5.74) is 0.980. The summed E-state index contributed by atoms with van der Waals surface area (Å²) in [6, 6.07) is 19.6. The molecule has 0 aromatic heterocycles. The van der Waals surface area contributed by atoms with Gasteiger partial charge in [0.1, 0.15) is 0 Å². The molecule has 3 aromatic rings. The molecule has 0 saturated heterocycles. The van der Waals surface area contributed by atoms with Crippen molar-refractivity contribution in [3.63, 3.8) is 0 Å². The Hall–Kier alpha value is -2.92. The Morgan fingerprint density at radius 1 is 0.920 bits per heavy atom. The summed E-state index contributed by atoms with van der Waals surface area (Å²) in [5, 5.41) is 1.78. The van der Waals surface area contributed by atoms with Crippen LogP contribution in [-0.2, 0) is 14.8 Å². The fraction of sp³-hybridized carbons (Fsp3) is 0.0500. The van der Waals surface area contributed by atoms with Crippen molar-refractivity contribution in [2.75, 3.05) is 4.72 Å². The third-order valence-corrected chi connectivity index (χ3v) is 5.18. The van der Waals surface area contributed by atoms with E-state index in [9.17, 15) is 13.2 Å². The number of hydrogen-bond acceptors (Lipinski definition) is 3. The van der Waals surface area contributed by atoms with Gasteiger partial charge in [0.2, 0.25) is 0 Å². The van der Waals surface area contributed by atoms with Gasteiger partial charge in [0.25, 0.3) is 10.0 Å². The number of carbonyl (C=O) groups excluding carboxylic acids is 1. The van der Waals surface area contributed by atoms with E-state index in [4.69, 9.17) is 0 Å². The third-order valence-electron chi connectivity index (χ3n) is 3.74. The maximum Gasteiger partial charge on any atom is 0.262 e. The van der Waals surface area contributed by atoms with Crippen molar-refractivity contribution in [2.24, 2.45) is 0 Å². The van der Waals surface area contributed by atoms with Gasteiger partial charge in [-0.1, -0.05) is 60.7 Å². The summed E-state index contributed by atoms with van der Waals surface area (Å²) in [5.74, 6) is -0.144. The van der Waals surface area contributed by atoms with Crippen LogP contribution in [0.5, 0.6) is 0 Å². The number of anilines is 1. The van der Waals surface area contributed by atoms with Crippen LogP contribution in [0.3, 0.4) is 0 Å². The highest BCUT2D eigenvalue weighted by Crippen LogP contribution is 2.27. The van der Waals surface area contributed by atoms with E-state index in [1.54, 1.807) is 24.3 Å². The summed E-state index contributed by atoms with van der Waals surface area (Å²) in [6.45, 7) is 1.42. The number of hydrogen-bond donors (Lipinski definition) is 1. The first-order chi connectivity index (χ1) is 12.0. The summed E-state index contributed by atoms with van der Waals surface area (Å²) < 4.78 is 28.4. The van der Waals surface area contributed by atoms with Crippen molar-refractivity contribution in [3.8, 4) is 0 Å². The van der Waals surface area contributed by atoms with Gasteiger partial charge in [-0.15, -0.1) is 0 Å². The number of ketones is 1. The third kappa shape index (κ3) is 3.78. The second-order valence-electron chi connectivity index (χ2n) is 5.61. The lowest BCUT2D eigenvalue weighted by Crippen LogP contribution is -2.14. The number of rotatable bonds is 5. The zero-order valence-corrected chi connectivity index (χ0v) is 14.5. The van der Waals surface area contributed by atoms with Crippen molar-refractivity contribution < 1.29 is 13.2 Å². The molecular formula is C20H17NO3S. The van der Waals surface area contributed by atoms with Crippen molar-refractivity contribution in [1.82, 2.24) is 0 Å². The van der Waals surface area contributed by atoms with E-state index in [-0.39, 0.29) is 10.7 Å². The van der Waals surface area contributed by atoms with Crippen molar-refractivity contribution in [2.45, 2.75) is 11.8 Å². The Kier molecular flexibility index (Phi) is 4.67. The van der Waals surface area contributed by atoms with E-state index >= 15 is 0 Å². The average molecular weight is 351 g/mol. The Bertz CT molecular complexity index is 1060. The number of nitrogens with one attached hydrogen (secondary N) is 1. The second-order valence-corrected chi connectivity index (χ2v) is 7.26. The fourth-order valence-corrected chi connectivity index (χ4v) is 3.87. The summed E-state index contributed by atoms with van der Waals surface area (Å²) in [4.78, 5) is 11.3. The van der Waals surface area contributed by atoms with Gasteiger partial charge in [-0.05, 0) is 36.1 Å². The molecule has 0 heterocycles. The molecule has 0 bridgehead atoms. The number of fused-ring (bicyclic) bond motifs is 1. The van der Waals surface area contributed by atoms with Crippen LogP contribution in [-0.4, -0.2) is 14.2 Å². The minimum absolute atomic E-state index is 0.125. The SMILES string of the molecule is CC(=O)/C=C/c1ccccc1S(=O)(=O)Nc1cccc2ccccc12. The Labute approximate surface area is 146 Å². The minimum Gasteiger partial charge on any atom is -0.295 e. The van der Waals surface area contributed by atoms with E-state index in [1.165, 1.54) is 25.1 Å². The molecule has 0 aliphatic heterocycles. The first kappa shape index (κ1) is 16.9. The lowest BCUT2D eigenvalue weighted by molar-refractivity contribution is -0.112. The molecule has 0 saturated carbocycles. The molecule has 3 aromatic carbocycles. The molecule has 0 aliphatic rings.